The van der Waals surface area contributed by atoms with Gasteiger partial charge in [0.25, 0.3) is 0 Å². The number of nitrogens with one attached hydrogen (secondary N) is 1. The van der Waals surface area contributed by atoms with E-state index in [1.54, 1.807) is 7.11 Å². The number of hydrogen-bond acceptors (Lipinski definition) is 3. The second kappa shape index (κ2) is 5.68. The van der Waals surface area contributed by atoms with Crippen LogP contribution in [0, 0.1) is 5.41 Å². The smallest absolute Gasteiger partial charge is 0.0467 e. The van der Waals surface area contributed by atoms with Crippen LogP contribution in [0.15, 0.2) is 0 Å². The van der Waals surface area contributed by atoms with Gasteiger partial charge in [-0.25, -0.2) is 0 Å². The van der Waals surface area contributed by atoms with Crippen LogP contribution < -0.4 is 5.32 Å². The van der Waals surface area contributed by atoms with Crippen molar-refractivity contribution >= 4 is 0 Å². The van der Waals surface area contributed by atoms with E-state index in [9.17, 15) is 0 Å². The molecule has 0 aliphatic carbocycles. The second-order valence-electron chi connectivity index (χ2n) is 6.93. The first-order valence-corrected chi connectivity index (χ1v) is 6.74. The standard InChI is InChI=1S/C14H30N2O/c1-12-9-15-14(4,5)11-16(12)10-13(2,3)7-8-17-6/h12,15H,7-11H2,1-6H3. The summed E-state index contributed by atoms with van der Waals surface area (Å²) in [5, 5.41) is 3.60. The first kappa shape index (κ1) is 14.9. The van der Waals surface area contributed by atoms with Gasteiger partial charge in [0.2, 0.25) is 0 Å². The van der Waals surface area contributed by atoms with Gasteiger partial charge in [-0.15, -0.1) is 0 Å². The van der Waals surface area contributed by atoms with E-state index < -0.39 is 0 Å². The average Bonchev–Trinajstić information content (AvgIpc) is 2.20. The van der Waals surface area contributed by atoms with Crippen molar-refractivity contribution < 1.29 is 4.74 Å². The SMILES string of the molecule is COCCC(C)(C)CN1CC(C)(C)NCC1C. The maximum Gasteiger partial charge on any atom is 0.0467 e. The molecule has 0 amide bonds. The lowest BCUT2D eigenvalue weighted by atomic mass is 9.87. The van der Waals surface area contributed by atoms with Crippen LogP contribution in [0.25, 0.3) is 0 Å². The van der Waals surface area contributed by atoms with Gasteiger partial charge in [0.1, 0.15) is 0 Å². The third kappa shape index (κ3) is 4.94. The first-order valence-electron chi connectivity index (χ1n) is 6.74. The van der Waals surface area contributed by atoms with E-state index in [0.717, 1.165) is 32.7 Å². The van der Waals surface area contributed by atoms with E-state index in [2.05, 4.69) is 44.8 Å². The van der Waals surface area contributed by atoms with Gasteiger partial charge in [-0.05, 0) is 32.6 Å². The Balaban J connectivity index is 2.53. The van der Waals surface area contributed by atoms with Crippen LogP contribution in [0.2, 0.25) is 0 Å². The van der Waals surface area contributed by atoms with E-state index in [0.29, 0.717) is 11.5 Å². The molecule has 1 heterocycles. The highest BCUT2D eigenvalue weighted by Crippen LogP contribution is 2.25. The molecule has 1 N–H and O–H groups in total. The lowest BCUT2D eigenvalue weighted by Crippen LogP contribution is -2.62. The molecule has 0 aromatic rings. The van der Waals surface area contributed by atoms with Crippen molar-refractivity contribution in [2.24, 2.45) is 5.41 Å². The molecule has 1 aliphatic rings. The highest BCUT2D eigenvalue weighted by molar-refractivity contribution is 4.92. The zero-order valence-electron chi connectivity index (χ0n) is 12.5. The summed E-state index contributed by atoms with van der Waals surface area (Å²) in [6.07, 6.45) is 1.13. The van der Waals surface area contributed by atoms with E-state index in [-0.39, 0.29) is 5.54 Å². The monoisotopic (exact) mass is 242 g/mol. The largest absolute Gasteiger partial charge is 0.385 e. The van der Waals surface area contributed by atoms with Crippen LogP contribution in [0.5, 0.6) is 0 Å². The molecule has 1 fully saturated rings. The average molecular weight is 242 g/mol. The fourth-order valence-corrected chi connectivity index (χ4v) is 2.49. The fraction of sp³-hybridized carbons (Fsp3) is 1.00. The molecule has 0 spiro atoms. The summed E-state index contributed by atoms with van der Waals surface area (Å²) in [5.41, 5.74) is 0.571. The molecule has 102 valence electrons. The summed E-state index contributed by atoms with van der Waals surface area (Å²) >= 11 is 0. The number of nitrogens with zero attached hydrogens (tertiary/aromatic N) is 1. The number of ether oxygens (including phenoxy) is 1. The Morgan fingerprint density at radius 2 is 2.06 bits per heavy atom. The molecule has 1 aliphatic heterocycles. The Bertz CT molecular complexity index is 238. The van der Waals surface area contributed by atoms with Gasteiger partial charge in [-0.1, -0.05) is 13.8 Å². The van der Waals surface area contributed by atoms with Crippen LogP contribution in [0.3, 0.4) is 0 Å². The van der Waals surface area contributed by atoms with Crippen molar-refractivity contribution in [3.63, 3.8) is 0 Å². The summed E-state index contributed by atoms with van der Waals surface area (Å²) in [5.74, 6) is 0. The van der Waals surface area contributed by atoms with Gasteiger partial charge >= 0.3 is 0 Å². The summed E-state index contributed by atoms with van der Waals surface area (Å²) in [7, 11) is 1.78. The molecule has 3 nitrogen and oxygen atoms in total. The van der Waals surface area contributed by atoms with Gasteiger partial charge in [0, 0.05) is 44.9 Å². The lowest BCUT2D eigenvalue weighted by Gasteiger charge is -2.46. The maximum absolute atomic E-state index is 5.20. The van der Waals surface area contributed by atoms with E-state index >= 15 is 0 Å². The zero-order valence-corrected chi connectivity index (χ0v) is 12.5. The molecule has 17 heavy (non-hydrogen) atoms. The molecular formula is C14H30N2O. The van der Waals surface area contributed by atoms with Crippen LogP contribution in [-0.4, -0.2) is 49.8 Å². The van der Waals surface area contributed by atoms with Crippen molar-refractivity contribution in [1.82, 2.24) is 10.2 Å². The Labute approximate surface area is 107 Å². The van der Waals surface area contributed by atoms with E-state index in [1.165, 1.54) is 0 Å². The predicted octanol–water partition coefficient (Wildman–Crippen LogP) is 2.12. The molecule has 0 aromatic heterocycles. The molecule has 0 saturated carbocycles. The summed E-state index contributed by atoms with van der Waals surface area (Å²) < 4.78 is 5.20. The molecule has 0 radical (unpaired) electrons. The van der Waals surface area contributed by atoms with Crippen molar-refractivity contribution in [3.05, 3.63) is 0 Å². The molecule has 0 aromatic carbocycles. The fourth-order valence-electron chi connectivity index (χ4n) is 2.49. The topological polar surface area (TPSA) is 24.5 Å². The Kier molecular flexibility index (Phi) is 4.99. The minimum Gasteiger partial charge on any atom is -0.385 e. The molecule has 1 atom stereocenters. The van der Waals surface area contributed by atoms with Crippen LogP contribution in [0.1, 0.15) is 41.0 Å². The highest BCUT2D eigenvalue weighted by Gasteiger charge is 2.33. The highest BCUT2D eigenvalue weighted by atomic mass is 16.5. The van der Waals surface area contributed by atoms with Crippen LogP contribution in [0.4, 0.5) is 0 Å². The number of hydrogen-bond donors (Lipinski definition) is 1. The van der Waals surface area contributed by atoms with Gasteiger partial charge in [-0.3, -0.25) is 4.90 Å². The lowest BCUT2D eigenvalue weighted by molar-refractivity contribution is 0.0523. The maximum atomic E-state index is 5.20. The molecule has 0 bridgehead atoms. The molecule has 1 rings (SSSR count). The molecular weight excluding hydrogens is 212 g/mol. The number of rotatable bonds is 5. The summed E-state index contributed by atoms with van der Waals surface area (Å²) in [6, 6.07) is 0.629. The summed E-state index contributed by atoms with van der Waals surface area (Å²) in [6.45, 7) is 15.8. The van der Waals surface area contributed by atoms with Crippen molar-refractivity contribution in [2.45, 2.75) is 52.6 Å². The minimum absolute atomic E-state index is 0.240. The minimum atomic E-state index is 0.240. The van der Waals surface area contributed by atoms with Gasteiger partial charge < -0.3 is 10.1 Å². The van der Waals surface area contributed by atoms with Crippen molar-refractivity contribution in [1.29, 1.82) is 0 Å². The zero-order chi connectivity index (χ0) is 13.1. The number of piperazine rings is 1. The van der Waals surface area contributed by atoms with Gasteiger partial charge in [0.15, 0.2) is 0 Å². The molecule has 1 unspecified atom stereocenters. The number of methoxy groups -OCH3 is 1. The van der Waals surface area contributed by atoms with Gasteiger partial charge in [0.05, 0.1) is 0 Å². The normalized spacial score (nSPS) is 26.1. The van der Waals surface area contributed by atoms with E-state index in [4.69, 9.17) is 4.74 Å². The van der Waals surface area contributed by atoms with Gasteiger partial charge in [-0.2, -0.15) is 0 Å². The Morgan fingerprint density at radius 1 is 1.41 bits per heavy atom. The summed E-state index contributed by atoms with van der Waals surface area (Å²) in [4.78, 5) is 2.62. The van der Waals surface area contributed by atoms with Crippen molar-refractivity contribution in [2.75, 3.05) is 33.4 Å². The quantitative estimate of drug-likeness (QED) is 0.799. The third-order valence-corrected chi connectivity index (χ3v) is 3.71. The third-order valence-electron chi connectivity index (χ3n) is 3.71. The predicted molar refractivity (Wildman–Crippen MR) is 73.4 cm³/mol. The molecule has 1 saturated heterocycles. The second-order valence-corrected chi connectivity index (χ2v) is 6.93. The van der Waals surface area contributed by atoms with E-state index in [1.807, 2.05) is 0 Å². The first-order chi connectivity index (χ1) is 7.76. The Hall–Kier alpha value is -0.120. The molecule has 3 heteroatoms. The Morgan fingerprint density at radius 3 is 2.65 bits per heavy atom. The van der Waals surface area contributed by atoms with Crippen LogP contribution in [-0.2, 0) is 4.74 Å². The van der Waals surface area contributed by atoms with Crippen LogP contribution >= 0.6 is 0 Å². The van der Waals surface area contributed by atoms with Crippen molar-refractivity contribution in [3.8, 4) is 0 Å².